The highest BCUT2D eigenvalue weighted by atomic mass is 16.2. The maximum absolute atomic E-state index is 13.8. The smallest absolute Gasteiger partial charge is 0.332 e. The molecule has 36 heavy (non-hydrogen) atoms. The SMILES string of the molecule is CC#CCn1c(N2CCCC(NC)C2)nc2c1c(=O)n(Cc1nc(C)c3ccccc3n1)c(=O)n2C. The van der Waals surface area contributed by atoms with E-state index in [1.54, 1.807) is 14.0 Å². The lowest BCUT2D eigenvalue weighted by molar-refractivity contribution is 0.443. The summed E-state index contributed by atoms with van der Waals surface area (Å²) in [5.41, 5.74) is 1.43. The van der Waals surface area contributed by atoms with Gasteiger partial charge >= 0.3 is 5.69 Å². The van der Waals surface area contributed by atoms with Crippen molar-refractivity contribution in [1.82, 2.24) is 34.0 Å². The van der Waals surface area contributed by atoms with E-state index in [9.17, 15) is 9.59 Å². The van der Waals surface area contributed by atoms with Gasteiger partial charge in [-0.3, -0.25) is 18.5 Å². The molecule has 1 N–H and O–H groups in total. The van der Waals surface area contributed by atoms with Crippen LogP contribution in [0.4, 0.5) is 5.95 Å². The van der Waals surface area contributed by atoms with Gasteiger partial charge < -0.3 is 10.2 Å². The highest BCUT2D eigenvalue weighted by Crippen LogP contribution is 2.23. The van der Waals surface area contributed by atoms with Crippen LogP contribution < -0.4 is 21.5 Å². The van der Waals surface area contributed by atoms with E-state index >= 15 is 0 Å². The number of rotatable bonds is 5. The number of aryl methyl sites for hydroxylation is 2. The standard InChI is InChI=1S/C26H30N8O2/c1-5-6-14-33-22-23(30-25(33)32-13-9-10-18(15-32)27-3)31(4)26(36)34(24(22)35)16-21-28-17(2)19-11-7-8-12-20(19)29-21/h7-8,11-12,18,27H,9-10,13-16H2,1-4H3. The molecule has 0 spiro atoms. The quantitative estimate of drug-likeness (QED) is 0.426. The number of fused-ring (bicyclic) bond motifs is 2. The minimum absolute atomic E-state index is 0.0291. The van der Waals surface area contributed by atoms with E-state index in [-0.39, 0.29) is 6.54 Å². The third kappa shape index (κ3) is 4.05. The van der Waals surface area contributed by atoms with Crippen LogP contribution in [-0.2, 0) is 20.1 Å². The summed E-state index contributed by atoms with van der Waals surface area (Å²) >= 11 is 0. The summed E-state index contributed by atoms with van der Waals surface area (Å²) < 4.78 is 4.47. The fourth-order valence-electron chi connectivity index (χ4n) is 4.95. The topological polar surface area (TPSA) is 103 Å². The van der Waals surface area contributed by atoms with Gasteiger partial charge in [0.05, 0.1) is 18.6 Å². The Kier molecular flexibility index (Phi) is 6.33. The lowest BCUT2D eigenvalue weighted by Gasteiger charge is -2.33. The second-order valence-electron chi connectivity index (χ2n) is 9.15. The lowest BCUT2D eigenvalue weighted by Crippen LogP contribution is -2.45. The number of nitrogens with zero attached hydrogens (tertiary/aromatic N) is 7. The van der Waals surface area contributed by atoms with Gasteiger partial charge in [0.2, 0.25) is 5.95 Å². The average molecular weight is 487 g/mol. The van der Waals surface area contributed by atoms with Crippen LogP contribution in [-0.4, -0.2) is 54.8 Å². The molecular weight excluding hydrogens is 456 g/mol. The molecule has 0 amide bonds. The minimum Gasteiger partial charge on any atom is -0.341 e. The van der Waals surface area contributed by atoms with Gasteiger partial charge in [-0.2, -0.15) is 4.98 Å². The summed E-state index contributed by atoms with van der Waals surface area (Å²) in [6.45, 7) is 5.55. The van der Waals surface area contributed by atoms with Crippen molar-refractivity contribution < 1.29 is 0 Å². The Labute approximate surface area is 208 Å². The molecule has 1 fully saturated rings. The summed E-state index contributed by atoms with van der Waals surface area (Å²) in [4.78, 5) is 43.3. The van der Waals surface area contributed by atoms with Crippen molar-refractivity contribution in [1.29, 1.82) is 0 Å². The predicted molar refractivity (Wildman–Crippen MR) is 140 cm³/mol. The Balaban J connectivity index is 1.67. The van der Waals surface area contributed by atoms with Crippen LogP contribution in [0.15, 0.2) is 33.9 Å². The van der Waals surface area contributed by atoms with Crippen molar-refractivity contribution >= 4 is 28.0 Å². The number of anilines is 1. The Morgan fingerprint density at radius 1 is 1.14 bits per heavy atom. The van der Waals surface area contributed by atoms with Gasteiger partial charge in [-0.15, -0.1) is 5.92 Å². The monoisotopic (exact) mass is 486 g/mol. The second-order valence-corrected chi connectivity index (χ2v) is 9.15. The molecule has 4 aromatic rings. The first kappa shape index (κ1) is 23.8. The van der Waals surface area contributed by atoms with E-state index in [1.807, 2.05) is 42.8 Å². The Morgan fingerprint density at radius 2 is 1.94 bits per heavy atom. The number of hydrogen-bond acceptors (Lipinski definition) is 7. The molecule has 1 unspecified atom stereocenters. The van der Waals surface area contributed by atoms with E-state index in [2.05, 4.69) is 32.0 Å². The molecule has 1 atom stereocenters. The maximum Gasteiger partial charge on any atom is 0.332 e. The average Bonchev–Trinajstić information content (AvgIpc) is 3.28. The molecule has 0 bridgehead atoms. The summed E-state index contributed by atoms with van der Waals surface area (Å²) in [5.74, 6) is 7.07. The number of hydrogen-bond donors (Lipinski definition) is 1. The van der Waals surface area contributed by atoms with E-state index in [1.165, 1.54) is 9.13 Å². The summed E-state index contributed by atoms with van der Waals surface area (Å²) in [6.07, 6.45) is 2.09. The number of piperidine rings is 1. The third-order valence-electron chi connectivity index (χ3n) is 6.88. The Bertz CT molecular complexity index is 1640. The molecule has 10 nitrogen and oxygen atoms in total. The molecule has 0 saturated carbocycles. The second kappa shape index (κ2) is 9.59. The molecule has 0 aliphatic carbocycles. The predicted octanol–water partition coefficient (Wildman–Crippen LogP) is 1.41. The van der Waals surface area contributed by atoms with Gasteiger partial charge in [0.15, 0.2) is 11.2 Å². The first-order chi connectivity index (χ1) is 17.4. The van der Waals surface area contributed by atoms with Crippen LogP contribution in [0.1, 0.15) is 31.3 Å². The van der Waals surface area contributed by atoms with Crippen LogP contribution in [0.5, 0.6) is 0 Å². The van der Waals surface area contributed by atoms with Crippen LogP contribution in [0, 0.1) is 18.8 Å². The van der Waals surface area contributed by atoms with E-state index in [4.69, 9.17) is 4.98 Å². The van der Waals surface area contributed by atoms with Crippen LogP contribution >= 0.6 is 0 Å². The van der Waals surface area contributed by atoms with E-state index in [0.29, 0.717) is 35.5 Å². The van der Waals surface area contributed by atoms with Crippen molar-refractivity contribution in [3.05, 3.63) is 56.6 Å². The number of nitrogens with one attached hydrogen (secondary N) is 1. The number of benzene rings is 1. The molecular formula is C26H30N8O2. The Hall–Kier alpha value is -3.97. The summed E-state index contributed by atoms with van der Waals surface area (Å²) in [6, 6.07) is 8.03. The third-order valence-corrected chi connectivity index (χ3v) is 6.88. The van der Waals surface area contributed by atoms with E-state index in [0.717, 1.165) is 42.5 Å². The highest BCUT2D eigenvalue weighted by molar-refractivity contribution is 5.80. The zero-order valence-electron chi connectivity index (χ0n) is 21.1. The number of likely N-dealkylation sites (N-methyl/N-ethyl adjacent to an activating group) is 1. The molecule has 1 aromatic carbocycles. The van der Waals surface area contributed by atoms with Crippen molar-refractivity contribution in [2.24, 2.45) is 7.05 Å². The molecule has 3 aromatic heterocycles. The lowest BCUT2D eigenvalue weighted by atomic mass is 10.1. The van der Waals surface area contributed by atoms with Crippen LogP contribution in [0.2, 0.25) is 0 Å². The summed E-state index contributed by atoms with van der Waals surface area (Å²) in [5, 5.41) is 4.29. The number of imidazole rings is 1. The number of para-hydroxylation sites is 1. The van der Waals surface area contributed by atoms with Crippen molar-refractivity contribution in [2.75, 3.05) is 25.0 Å². The first-order valence-electron chi connectivity index (χ1n) is 12.2. The van der Waals surface area contributed by atoms with Crippen LogP contribution in [0.25, 0.3) is 22.1 Å². The van der Waals surface area contributed by atoms with Crippen LogP contribution in [0.3, 0.4) is 0 Å². The normalized spacial score (nSPS) is 15.9. The molecule has 10 heteroatoms. The number of aromatic nitrogens is 6. The zero-order valence-corrected chi connectivity index (χ0v) is 21.1. The molecule has 1 aliphatic rings. The maximum atomic E-state index is 13.8. The minimum atomic E-state index is -0.452. The zero-order chi connectivity index (χ0) is 25.4. The fourth-order valence-corrected chi connectivity index (χ4v) is 4.95. The molecule has 5 rings (SSSR count). The van der Waals surface area contributed by atoms with E-state index < -0.39 is 11.2 Å². The largest absolute Gasteiger partial charge is 0.341 e. The van der Waals surface area contributed by atoms with Gasteiger partial charge in [-0.05, 0) is 39.8 Å². The first-order valence-corrected chi connectivity index (χ1v) is 12.2. The molecule has 1 aliphatic heterocycles. The van der Waals surface area contributed by atoms with Gasteiger partial charge in [0.25, 0.3) is 5.56 Å². The fraction of sp³-hybridized carbons (Fsp3) is 0.423. The van der Waals surface area contributed by atoms with Crippen molar-refractivity contribution in [2.45, 2.75) is 45.8 Å². The highest BCUT2D eigenvalue weighted by Gasteiger charge is 2.27. The molecule has 0 radical (unpaired) electrons. The molecule has 186 valence electrons. The molecule has 4 heterocycles. The van der Waals surface area contributed by atoms with Crippen molar-refractivity contribution in [3.8, 4) is 11.8 Å². The van der Waals surface area contributed by atoms with Crippen molar-refractivity contribution in [3.63, 3.8) is 0 Å². The van der Waals surface area contributed by atoms with Gasteiger partial charge in [0.1, 0.15) is 5.82 Å². The van der Waals surface area contributed by atoms with Gasteiger partial charge in [-0.25, -0.2) is 14.8 Å². The molecule has 1 saturated heterocycles. The summed E-state index contributed by atoms with van der Waals surface area (Å²) in [7, 11) is 3.60. The van der Waals surface area contributed by atoms with Gasteiger partial charge in [0, 0.05) is 37.3 Å². The van der Waals surface area contributed by atoms with Gasteiger partial charge in [-0.1, -0.05) is 24.1 Å². The Morgan fingerprint density at radius 3 is 2.72 bits per heavy atom.